The number of nitrogens with zero attached hydrogens (tertiary/aromatic N) is 5. The molecule has 0 atom stereocenters. The molecular weight excluding hydrogens is 366 g/mol. The summed E-state index contributed by atoms with van der Waals surface area (Å²) in [5.41, 5.74) is 0.907. The summed E-state index contributed by atoms with van der Waals surface area (Å²) < 4.78 is 12.1. The van der Waals surface area contributed by atoms with Gasteiger partial charge in [-0.05, 0) is 38.8 Å². The Morgan fingerprint density at radius 2 is 1.69 bits per heavy atom. The zero-order valence-corrected chi connectivity index (χ0v) is 18.1. The largest absolute Gasteiger partial charge is 0.493 e. The second-order valence-corrected chi connectivity index (χ2v) is 8.43. The highest BCUT2D eigenvalue weighted by molar-refractivity contribution is 5.93. The highest BCUT2D eigenvalue weighted by Gasteiger charge is 2.23. The first kappa shape index (κ1) is 20.0. The summed E-state index contributed by atoms with van der Waals surface area (Å²) in [6, 6.07) is 4.09. The Labute approximate surface area is 173 Å². The molecular formula is C22H33N5O2. The third kappa shape index (κ3) is 4.34. The van der Waals surface area contributed by atoms with Crippen LogP contribution in [-0.2, 0) is 0 Å². The number of hydrogen-bond donors (Lipinski definition) is 0. The molecule has 0 unspecified atom stereocenters. The van der Waals surface area contributed by atoms with Crippen molar-refractivity contribution in [1.82, 2.24) is 14.9 Å². The Kier molecular flexibility index (Phi) is 5.94. The van der Waals surface area contributed by atoms with Gasteiger partial charge >= 0.3 is 0 Å². The van der Waals surface area contributed by atoms with Gasteiger partial charge in [0.15, 0.2) is 11.5 Å². The van der Waals surface area contributed by atoms with Crippen LogP contribution in [0, 0.1) is 0 Å². The number of piperazine rings is 1. The van der Waals surface area contributed by atoms with Gasteiger partial charge in [0.05, 0.1) is 18.7 Å². The Morgan fingerprint density at radius 3 is 2.34 bits per heavy atom. The van der Waals surface area contributed by atoms with E-state index < -0.39 is 0 Å². The summed E-state index contributed by atoms with van der Waals surface area (Å²) in [6.45, 7) is 3.97. The number of fused-ring (bicyclic) bond motifs is 1. The maximum Gasteiger partial charge on any atom is 0.227 e. The number of methoxy groups -OCH3 is 1. The standard InChI is InChI=1S/C22H33N5O2/c1-25(2)22-23-18-15-20(29-16-8-6-5-7-9-16)19(28-4)14-17(18)21(24-22)27-12-10-26(3)11-13-27/h14-16H,5-13H2,1-4H3. The maximum absolute atomic E-state index is 6.37. The summed E-state index contributed by atoms with van der Waals surface area (Å²) in [4.78, 5) is 16.4. The van der Waals surface area contributed by atoms with Crippen molar-refractivity contribution in [1.29, 1.82) is 0 Å². The van der Waals surface area contributed by atoms with E-state index in [0.717, 1.165) is 73.2 Å². The minimum atomic E-state index is 0.266. The molecule has 0 spiro atoms. The fourth-order valence-corrected chi connectivity index (χ4v) is 4.18. The highest BCUT2D eigenvalue weighted by Crippen LogP contribution is 2.38. The topological polar surface area (TPSA) is 54.0 Å². The second kappa shape index (κ2) is 8.61. The molecule has 1 aromatic heterocycles. The van der Waals surface area contributed by atoms with Crippen LogP contribution in [0.1, 0.15) is 32.1 Å². The lowest BCUT2D eigenvalue weighted by Crippen LogP contribution is -2.45. The van der Waals surface area contributed by atoms with Gasteiger partial charge in [-0.3, -0.25) is 0 Å². The highest BCUT2D eigenvalue weighted by atomic mass is 16.5. The van der Waals surface area contributed by atoms with Crippen molar-refractivity contribution >= 4 is 22.7 Å². The maximum atomic E-state index is 6.37. The first-order valence-electron chi connectivity index (χ1n) is 10.7. The van der Waals surface area contributed by atoms with Crippen molar-refractivity contribution in [2.24, 2.45) is 0 Å². The van der Waals surface area contributed by atoms with E-state index in [1.807, 2.05) is 25.1 Å². The zero-order valence-electron chi connectivity index (χ0n) is 18.1. The lowest BCUT2D eigenvalue weighted by molar-refractivity contribution is 0.150. The number of benzene rings is 1. The summed E-state index contributed by atoms with van der Waals surface area (Å²) >= 11 is 0. The van der Waals surface area contributed by atoms with E-state index in [9.17, 15) is 0 Å². The van der Waals surface area contributed by atoms with Gasteiger partial charge in [-0.2, -0.15) is 4.98 Å². The van der Waals surface area contributed by atoms with E-state index in [4.69, 9.17) is 19.4 Å². The number of hydrogen-bond acceptors (Lipinski definition) is 7. The minimum absolute atomic E-state index is 0.266. The van der Waals surface area contributed by atoms with Gasteiger partial charge in [-0.15, -0.1) is 0 Å². The van der Waals surface area contributed by atoms with Crippen LogP contribution in [0.2, 0.25) is 0 Å². The molecule has 4 rings (SSSR count). The van der Waals surface area contributed by atoms with Crippen LogP contribution in [0.3, 0.4) is 0 Å². The fraction of sp³-hybridized carbons (Fsp3) is 0.636. The van der Waals surface area contributed by atoms with Gasteiger partial charge in [-0.25, -0.2) is 4.98 Å². The third-order valence-electron chi connectivity index (χ3n) is 6.00. The third-order valence-corrected chi connectivity index (χ3v) is 6.00. The summed E-state index contributed by atoms with van der Waals surface area (Å²) in [5.74, 6) is 3.26. The van der Waals surface area contributed by atoms with Gasteiger partial charge in [0.25, 0.3) is 0 Å². The number of aromatic nitrogens is 2. The van der Waals surface area contributed by atoms with E-state index in [1.165, 1.54) is 19.3 Å². The van der Waals surface area contributed by atoms with Gasteiger partial charge < -0.3 is 24.2 Å². The SMILES string of the molecule is COc1cc2c(N3CCN(C)CC3)nc(N(C)C)nc2cc1OC1CCCCC1. The van der Waals surface area contributed by atoms with Crippen molar-refractivity contribution in [2.75, 3.05) is 64.2 Å². The van der Waals surface area contributed by atoms with E-state index in [2.05, 4.69) is 22.9 Å². The summed E-state index contributed by atoms with van der Waals surface area (Å²) in [7, 11) is 7.84. The molecule has 2 aromatic rings. The van der Waals surface area contributed by atoms with Crippen LogP contribution < -0.4 is 19.3 Å². The lowest BCUT2D eigenvalue weighted by Gasteiger charge is -2.34. The van der Waals surface area contributed by atoms with Crippen LogP contribution in [-0.4, -0.2) is 75.4 Å². The molecule has 1 saturated carbocycles. The number of ether oxygens (including phenoxy) is 2. The van der Waals surface area contributed by atoms with Gasteiger partial charge in [0, 0.05) is 51.7 Å². The van der Waals surface area contributed by atoms with Crippen molar-refractivity contribution in [3.8, 4) is 11.5 Å². The Hall–Kier alpha value is -2.28. The van der Waals surface area contributed by atoms with Gasteiger partial charge in [0.2, 0.25) is 5.95 Å². The molecule has 1 aromatic carbocycles. The van der Waals surface area contributed by atoms with Gasteiger partial charge in [0.1, 0.15) is 5.82 Å². The summed E-state index contributed by atoms with van der Waals surface area (Å²) in [6.07, 6.45) is 6.27. The van der Waals surface area contributed by atoms with Gasteiger partial charge in [-0.1, -0.05) is 6.42 Å². The van der Waals surface area contributed by atoms with E-state index in [1.54, 1.807) is 7.11 Å². The summed E-state index contributed by atoms with van der Waals surface area (Å²) in [5, 5.41) is 1.02. The molecule has 0 N–H and O–H groups in total. The molecule has 7 nitrogen and oxygen atoms in total. The Morgan fingerprint density at radius 1 is 0.966 bits per heavy atom. The molecule has 0 radical (unpaired) electrons. The second-order valence-electron chi connectivity index (χ2n) is 8.43. The molecule has 2 fully saturated rings. The molecule has 0 bridgehead atoms. The first-order valence-corrected chi connectivity index (χ1v) is 10.7. The molecule has 7 heteroatoms. The lowest BCUT2D eigenvalue weighted by atomic mass is 9.98. The smallest absolute Gasteiger partial charge is 0.227 e. The molecule has 29 heavy (non-hydrogen) atoms. The predicted molar refractivity (Wildman–Crippen MR) is 118 cm³/mol. The Balaban J connectivity index is 1.76. The zero-order chi connectivity index (χ0) is 20.4. The molecule has 1 aliphatic carbocycles. The molecule has 2 aliphatic rings. The van der Waals surface area contributed by atoms with E-state index >= 15 is 0 Å². The first-order chi connectivity index (χ1) is 14.0. The van der Waals surface area contributed by atoms with Crippen molar-refractivity contribution < 1.29 is 9.47 Å². The molecule has 1 aliphatic heterocycles. The Bertz CT molecular complexity index is 843. The normalized spacial score (nSPS) is 18.8. The van der Waals surface area contributed by atoms with Crippen molar-refractivity contribution in [3.05, 3.63) is 12.1 Å². The monoisotopic (exact) mass is 399 g/mol. The number of likely N-dealkylation sites (N-methyl/N-ethyl adjacent to an activating group) is 1. The predicted octanol–water partition coefficient (Wildman–Crippen LogP) is 3.17. The quantitative estimate of drug-likeness (QED) is 0.765. The van der Waals surface area contributed by atoms with Crippen molar-refractivity contribution in [3.63, 3.8) is 0 Å². The van der Waals surface area contributed by atoms with Crippen molar-refractivity contribution in [2.45, 2.75) is 38.2 Å². The van der Waals surface area contributed by atoms with E-state index in [-0.39, 0.29) is 6.10 Å². The van der Waals surface area contributed by atoms with Crippen LogP contribution in [0.15, 0.2) is 12.1 Å². The number of rotatable bonds is 5. The molecule has 158 valence electrons. The van der Waals surface area contributed by atoms with Crippen LogP contribution in [0.4, 0.5) is 11.8 Å². The van der Waals surface area contributed by atoms with Crippen LogP contribution in [0.25, 0.3) is 10.9 Å². The average molecular weight is 400 g/mol. The molecule has 1 saturated heterocycles. The molecule has 2 heterocycles. The van der Waals surface area contributed by atoms with E-state index in [0.29, 0.717) is 0 Å². The molecule has 0 amide bonds. The fourth-order valence-electron chi connectivity index (χ4n) is 4.18. The van der Waals surface area contributed by atoms with Crippen LogP contribution in [0.5, 0.6) is 11.5 Å². The average Bonchev–Trinajstić information content (AvgIpc) is 2.73. The number of anilines is 2. The van der Waals surface area contributed by atoms with Crippen LogP contribution >= 0.6 is 0 Å². The minimum Gasteiger partial charge on any atom is -0.493 e.